The average Bonchev–Trinajstić information content (AvgIpc) is 2.74. The number of hydrogen-bond donors (Lipinski definition) is 1. The summed E-state index contributed by atoms with van der Waals surface area (Å²) in [5, 5.41) is 0. The van der Waals surface area contributed by atoms with E-state index in [1.54, 1.807) is 0 Å². The molecule has 0 aromatic carbocycles. The maximum atomic E-state index is 13.3. The number of nitrogens with one attached hydrogen (secondary N) is 1. The lowest BCUT2D eigenvalue weighted by atomic mass is 10.1. The van der Waals surface area contributed by atoms with Crippen LogP contribution in [0.15, 0.2) is 29.2 Å². The van der Waals surface area contributed by atoms with Crippen LogP contribution in [0, 0.1) is 5.82 Å². The van der Waals surface area contributed by atoms with Crippen LogP contribution < -0.4 is 5.69 Å². The highest BCUT2D eigenvalue weighted by molar-refractivity contribution is 5.88. The van der Waals surface area contributed by atoms with Crippen molar-refractivity contribution in [3.63, 3.8) is 0 Å². The molecular weight excluding hydrogens is 285 g/mol. The van der Waals surface area contributed by atoms with Crippen molar-refractivity contribution in [1.29, 1.82) is 0 Å². The summed E-state index contributed by atoms with van der Waals surface area (Å²) in [6.07, 6.45) is -1.60. The van der Waals surface area contributed by atoms with Crippen LogP contribution in [0.4, 0.5) is 13.2 Å². The van der Waals surface area contributed by atoms with Crippen molar-refractivity contribution in [2.24, 2.45) is 7.05 Å². The molecule has 1 N–H and O–H groups in total. The lowest BCUT2D eigenvalue weighted by Gasteiger charge is -2.07. The van der Waals surface area contributed by atoms with Gasteiger partial charge >= 0.3 is 5.69 Å². The van der Waals surface area contributed by atoms with E-state index < -0.39 is 17.9 Å². The lowest BCUT2D eigenvalue weighted by Crippen LogP contribution is -2.12. The molecule has 0 fully saturated rings. The van der Waals surface area contributed by atoms with E-state index >= 15 is 0 Å². The predicted molar refractivity (Wildman–Crippen MR) is 69.5 cm³/mol. The van der Waals surface area contributed by atoms with E-state index in [2.05, 4.69) is 15.0 Å². The zero-order valence-electron chi connectivity index (χ0n) is 10.8. The molecule has 0 unspecified atom stereocenters. The minimum absolute atomic E-state index is 0.147. The molecule has 5 nitrogen and oxygen atoms in total. The predicted octanol–water partition coefficient (Wildman–Crippen LogP) is 2.40. The molecule has 0 radical (unpaired) electrons. The van der Waals surface area contributed by atoms with Crippen LogP contribution in [0.3, 0.4) is 0 Å². The standard InChI is InChI=1S/C13H9F3N4O/c1-20-10-6(4-5-17-12(10)19-13(20)21)8-3-2-7(14)9(18-8)11(15)16/h2-5,11H,1H3,(H,17,19,21). The number of aryl methyl sites for hydroxylation is 1. The van der Waals surface area contributed by atoms with Crippen LogP contribution in [0.2, 0.25) is 0 Å². The zero-order chi connectivity index (χ0) is 15.1. The molecule has 0 spiro atoms. The number of hydrogen-bond acceptors (Lipinski definition) is 3. The molecule has 0 saturated heterocycles. The number of alkyl halides is 2. The molecule has 3 aromatic rings. The lowest BCUT2D eigenvalue weighted by molar-refractivity contribution is 0.140. The van der Waals surface area contributed by atoms with Crippen molar-refractivity contribution < 1.29 is 13.2 Å². The minimum Gasteiger partial charge on any atom is -0.293 e. The Labute approximate surface area is 116 Å². The Morgan fingerprint density at radius 1 is 1.29 bits per heavy atom. The van der Waals surface area contributed by atoms with Gasteiger partial charge in [0.15, 0.2) is 11.5 Å². The first-order chi connectivity index (χ1) is 9.99. The van der Waals surface area contributed by atoms with E-state index in [0.29, 0.717) is 16.7 Å². The first-order valence-electron chi connectivity index (χ1n) is 5.97. The second-order valence-corrected chi connectivity index (χ2v) is 4.41. The van der Waals surface area contributed by atoms with Crippen molar-refractivity contribution in [3.05, 3.63) is 46.4 Å². The van der Waals surface area contributed by atoms with Crippen molar-refractivity contribution in [3.8, 4) is 11.3 Å². The highest BCUT2D eigenvalue weighted by atomic mass is 19.3. The summed E-state index contributed by atoms with van der Waals surface area (Å²) >= 11 is 0. The van der Waals surface area contributed by atoms with Crippen LogP contribution in [0.1, 0.15) is 12.1 Å². The smallest absolute Gasteiger partial charge is 0.293 e. The molecule has 0 amide bonds. The zero-order valence-corrected chi connectivity index (χ0v) is 10.8. The number of H-pyrrole nitrogens is 1. The molecule has 0 aliphatic heterocycles. The quantitative estimate of drug-likeness (QED) is 0.789. The third kappa shape index (κ3) is 2.08. The Morgan fingerprint density at radius 2 is 2.05 bits per heavy atom. The summed E-state index contributed by atoms with van der Waals surface area (Å²) < 4.78 is 40.1. The number of fused-ring (bicyclic) bond motifs is 1. The Bertz CT molecular complexity index is 885. The molecule has 0 atom stereocenters. The van der Waals surface area contributed by atoms with Gasteiger partial charge in [0.05, 0.1) is 11.2 Å². The third-order valence-electron chi connectivity index (χ3n) is 3.15. The number of halogens is 3. The van der Waals surface area contributed by atoms with Gasteiger partial charge in [-0.25, -0.2) is 27.9 Å². The largest absolute Gasteiger partial charge is 0.327 e. The number of aromatic amines is 1. The highest BCUT2D eigenvalue weighted by Crippen LogP contribution is 2.27. The van der Waals surface area contributed by atoms with Crippen LogP contribution in [-0.4, -0.2) is 19.5 Å². The van der Waals surface area contributed by atoms with Crippen LogP contribution in [-0.2, 0) is 7.05 Å². The molecule has 3 aromatic heterocycles. The number of imidazole rings is 1. The van der Waals surface area contributed by atoms with Crippen LogP contribution >= 0.6 is 0 Å². The summed E-state index contributed by atoms with van der Waals surface area (Å²) in [4.78, 5) is 21.8. The summed E-state index contributed by atoms with van der Waals surface area (Å²) in [5.74, 6) is -1.07. The Morgan fingerprint density at radius 3 is 2.76 bits per heavy atom. The SMILES string of the molecule is Cn1c(=O)[nH]c2nccc(-c3ccc(F)c(C(F)F)n3)c21. The van der Waals surface area contributed by atoms with E-state index in [9.17, 15) is 18.0 Å². The van der Waals surface area contributed by atoms with E-state index in [1.807, 2.05) is 0 Å². The molecular formula is C13H9F3N4O. The van der Waals surface area contributed by atoms with Crippen molar-refractivity contribution >= 4 is 11.2 Å². The Balaban J connectivity index is 2.31. The number of rotatable bonds is 2. The topological polar surface area (TPSA) is 63.6 Å². The monoisotopic (exact) mass is 294 g/mol. The Hall–Kier alpha value is -2.64. The maximum Gasteiger partial charge on any atom is 0.327 e. The van der Waals surface area contributed by atoms with Gasteiger partial charge in [-0.15, -0.1) is 0 Å². The third-order valence-corrected chi connectivity index (χ3v) is 3.15. The second kappa shape index (κ2) is 4.72. The summed E-state index contributed by atoms with van der Waals surface area (Å²) in [6.45, 7) is 0. The highest BCUT2D eigenvalue weighted by Gasteiger charge is 2.18. The molecule has 3 heterocycles. The van der Waals surface area contributed by atoms with Crippen LogP contribution in [0.5, 0.6) is 0 Å². The van der Waals surface area contributed by atoms with Gasteiger partial charge in [0.25, 0.3) is 6.43 Å². The molecule has 0 aliphatic rings. The molecule has 0 saturated carbocycles. The Kier molecular flexibility index (Phi) is 3.00. The van der Waals surface area contributed by atoms with Gasteiger partial charge in [0.1, 0.15) is 5.69 Å². The van der Waals surface area contributed by atoms with Gasteiger partial charge in [-0.1, -0.05) is 0 Å². The molecule has 108 valence electrons. The maximum absolute atomic E-state index is 13.3. The molecule has 0 bridgehead atoms. The summed E-state index contributed by atoms with van der Waals surface area (Å²) in [7, 11) is 1.52. The fraction of sp³-hybridized carbons (Fsp3) is 0.154. The van der Waals surface area contributed by atoms with E-state index in [1.165, 1.54) is 29.9 Å². The van der Waals surface area contributed by atoms with Crippen molar-refractivity contribution in [2.75, 3.05) is 0 Å². The molecule has 8 heteroatoms. The van der Waals surface area contributed by atoms with Gasteiger partial charge in [-0.3, -0.25) is 9.55 Å². The number of aromatic nitrogens is 4. The molecule has 0 aliphatic carbocycles. The molecule has 3 rings (SSSR count). The van der Waals surface area contributed by atoms with E-state index in [4.69, 9.17) is 0 Å². The molecule has 21 heavy (non-hydrogen) atoms. The normalized spacial score (nSPS) is 11.5. The van der Waals surface area contributed by atoms with Gasteiger partial charge in [-0.05, 0) is 18.2 Å². The summed E-state index contributed by atoms with van der Waals surface area (Å²) in [6, 6.07) is 3.75. The minimum atomic E-state index is -3.02. The fourth-order valence-electron chi connectivity index (χ4n) is 2.14. The number of nitrogens with zero attached hydrogens (tertiary/aromatic N) is 3. The van der Waals surface area contributed by atoms with Gasteiger partial charge < -0.3 is 0 Å². The summed E-state index contributed by atoms with van der Waals surface area (Å²) in [5.41, 5.74) is -0.0119. The van der Waals surface area contributed by atoms with Crippen LogP contribution in [0.25, 0.3) is 22.4 Å². The van der Waals surface area contributed by atoms with Crippen molar-refractivity contribution in [2.45, 2.75) is 6.43 Å². The van der Waals surface area contributed by atoms with Gasteiger partial charge in [0.2, 0.25) is 0 Å². The second-order valence-electron chi connectivity index (χ2n) is 4.41. The van der Waals surface area contributed by atoms with Gasteiger partial charge in [0, 0.05) is 18.8 Å². The van der Waals surface area contributed by atoms with Crippen molar-refractivity contribution in [1.82, 2.24) is 19.5 Å². The first-order valence-corrected chi connectivity index (χ1v) is 5.97. The van der Waals surface area contributed by atoms with E-state index in [-0.39, 0.29) is 11.4 Å². The van der Waals surface area contributed by atoms with E-state index in [0.717, 1.165) is 6.07 Å². The number of pyridine rings is 2. The van der Waals surface area contributed by atoms with Gasteiger partial charge in [-0.2, -0.15) is 0 Å². The average molecular weight is 294 g/mol. The fourth-order valence-corrected chi connectivity index (χ4v) is 2.14. The first kappa shape index (κ1) is 13.3.